The van der Waals surface area contributed by atoms with Gasteiger partial charge in [-0.2, -0.15) is 0 Å². The minimum absolute atomic E-state index is 0.0627. The Labute approximate surface area is 312 Å². The summed E-state index contributed by atoms with van der Waals surface area (Å²) in [6.07, 6.45) is -1.36. The van der Waals surface area contributed by atoms with Gasteiger partial charge >= 0.3 is 0 Å². The number of rotatable bonds is 11. The summed E-state index contributed by atoms with van der Waals surface area (Å²) in [5.41, 5.74) is 3.56. The SMILES string of the molecule is CC(=O)Nc1ccc(SC[C@H]2O[C@@H](c3cccc(-c4cccc(CNC(=O)c5c(F)c(F)c(F)c(F)c5F)c4)c3)O[C@@H](c3ccc(CO)cc3)[C@H]2C)cc1. The molecule has 0 radical (unpaired) electrons. The maximum atomic E-state index is 14.2. The Hall–Kier alpha value is -5.08. The number of hydrogen-bond acceptors (Lipinski definition) is 6. The third-order valence-electron chi connectivity index (χ3n) is 9.02. The van der Waals surface area contributed by atoms with Crippen molar-refractivity contribution in [1.82, 2.24) is 5.32 Å². The Balaban J connectivity index is 1.21. The molecule has 54 heavy (non-hydrogen) atoms. The number of anilines is 1. The van der Waals surface area contributed by atoms with Crippen LogP contribution in [0.4, 0.5) is 27.6 Å². The molecule has 4 atom stereocenters. The van der Waals surface area contributed by atoms with Crippen LogP contribution in [0.15, 0.2) is 102 Å². The van der Waals surface area contributed by atoms with E-state index in [1.165, 1.54) is 6.92 Å². The Morgan fingerprint density at radius 1 is 0.741 bits per heavy atom. The number of amides is 2. The monoisotopic (exact) mass is 762 g/mol. The summed E-state index contributed by atoms with van der Waals surface area (Å²) in [7, 11) is 0. The number of ether oxygens (including phenoxy) is 2. The molecular formula is C41H35F5N2O5S. The average molecular weight is 763 g/mol. The lowest BCUT2D eigenvalue weighted by atomic mass is 9.91. The van der Waals surface area contributed by atoms with Crippen LogP contribution in [0.3, 0.4) is 0 Å². The Morgan fingerprint density at radius 3 is 2.02 bits per heavy atom. The van der Waals surface area contributed by atoms with Gasteiger partial charge in [-0.15, -0.1) is 11.8 Å². The van der Waals surface area contributed by atoms with Gasteiger partial charge in [0, 0.05) is 41.3 Å². The van der Waals surface area contributed by atoms with E-state index < -0.39 is 46.8 Å². The maximum absolute atomic E-state index is 14.2. The first kappa shape index (κ1) is 38.6. The van der Waals surface area contributed by atoms with E-state index in [1.54, 1.807) is 30.0 Å². The minimum Gasteiger partial charge on any atom is -0.392 e. The van der Waals surface area contributed by atoms with Crippen LogP contribution in [0, 0.1) is 35.0 Å². The number of hydrogen-bond donors (Lipinski definition) is 3. The first-order chi connectivity index (χ1) is 25.9. The zero-order valence-corrected chi connectivity index (χ0v) is 29.9. The largest absolute Gasteiger partial charge is 0.392 e. The summed E-state index contributed by atoms with van der Waals surface area (Å²) in [6, 6.07) is 29.5. The fraction of sp³-hybridized carbons (Fsp3) is 0.220. The third kappa shape index (κ3) is 8.65. The number of benzene rings is 5. The summed E-state index contributed by atoms with van der Waals surface area (Å²) in [4.78, 5) is 25.0. The lowest BCUT2D eigenvalue weighted by Gasteiger charge is -2.41. The minimum atomic E-state index is -2.34. The molecule has 1 saturated heterocycles. The highest BCUT2D eigenvalue weighted by molar-refractivity contribution is 7.99. The molecule has 0 aliphatic carbocycles. The lowest BCUT2D eigenvalue weighted by Crippen LogP contribution is -2.38. The number of aliphatic hydroxyl groups excluding tert-OH is 1. The van der Waals surface area contributed by atoms with Gasteiger partial charge in [-0.3, -0.25) is 9.59 Å². The maximum Gasteiger partial charge on any atom is 0.257 e. The number of nitrogens with one attached hydrogen (secondary N) is 2. The van der Waals surface area contributed by atoms with Gasteiger partial charge in [0.1, 0.15) is 5.56 Å². The molecule has 2 amide bonds. The van der Waals surface area contributed by atoms with Crippen LogP contribution in [0.25, 0.3) is 11.1 Å². The predicted octanol–water partition coefficient (Wildman–Crippen LogP) is 9.01. The summed E-state index contributed by atoms with van der Waals surface area (Å²) in [5.74, 6) is -12.2. The highest BCUT2D eigenvalue weighted by Gasteiger charge is 2.38. The van der Waals surface area contributed by atoms with E-state index in [1.807, 2.05) is 78.9 Å². The van der Waals surface area contributed by atoms with Crippen molar-refractivity contribution in [3.63, 3.8) is 0 Å². The number of thioether (sulfide) groups is 1. The van der Waals surface area contributed by atoms with Gasteiger partial charge in [0.15, 0.2) is 29.6 Å². The molecule has 0 spiro atoms. The number of carbonyl (C=O) groups is 2. The van der Waals surface area contributed by atoms with Crippen molar-refractivity contribution in [3.8, 4) is 11.1 Å². The summed E-state index contributed by atoms with van der Waals surface area (Å²) in [6.45, 7) is 3.18. The molecule has 0 saturated carbocycles. The van der Waals surface area contributed by atoms with Crippen molar-refractivity contribution >= 4 is 29.3 Å². The second-order valence-corrected chi connectivity index (χ2v) is 13.9. The first-order valence-electron chi connectivity index (χ1n) is 16.9. The van der Waals surface area contributed by atoms with Crippen LogP contribution in [-0.2, 0) is 27.4 Å². The quantitative estimate of drug-likeness (QED) is 0.0538. The molecular weight excluding hydrogens is 728 g/mol. The molecule has 5 aromatic rings. The predicted molar refractivity (Wildman–Crippen MR) is 194 cm³/mol. The van der Waals surface area contributed by atoms with Crippen molar-refractivity contribution in [2.75, 3.05) is 11.1 Å². The van der Waals surface area contributed by atoms with Crippen molar-refractivity contribution in [1.29, 1.82) is 0 Å². The van der Waals surface area contributed by atoms with Gasteiger partial charge in [-0.05, 0) is 64.2 Å². The number of halogens is 5. The van der Waals surface area contributed by atoms with E-state index in [2.05, 4.69) is 17.6 Å². The van der Waals surface area contributed by atoms with Crippen LogP contribution in [0.2, 0.25) is 0 Å². The van der Waals surface area contributed by atoms with Crippen LogP contribution in [-0.4, -0.2) is 28.8 Å². The highest BCUT2D eigenvalue weighted by atomic mass is 32.2. The topological polar surface area (TPSA) is 96.9 Å². The summed E-state index contributed by atoms with van der Waals surface area (Å²) in [5, 5.41) is 14.6. The van der Waals surface area contributed by atoms with Gasteiger partial charge in [0.05, 0.1) is 18.8 Å². The molecule has 3 N–H and O–H groups in total. The Morgan fingerprint density at radius 2 is 1.37 bits per heavy atom. The normalized spacial score (nSPS) is 18.3. The van der Waals surface area contributed by atoms with Crippen LogP contribution in [0.5, 0.6) is 0 Å². The van der Waals surface area contributed by atoms with E-state index in [-0.39, 0.29) is 37.2 Å². The summed E-state index contributed by atoms with van der Waals surface area (Å²) >= 11 is 1.62. The lowest BCUT2D eigenvalue weighted by molar-refractivity contribution is -0.268. The van der Waals surface area contributed by atoms with Crippen molar-refractivity contribution in [2.24, 2.45) is 5.92 Å². The molecule has 6 rings (SSSR count). The zero-order chi connectivity index (χ0) is 38.5. The van der Waals surface area contributed by atoms with Gasteiger partial charge in [-0.1, -0.05) is 67.6 Å². The molecule has 280 valence electrons. The second-order valence-electron chi connectivity index (χ2n) is 12.8. The summed E-state index contributed by atoms with van der Waals surface area (Å²) < 4.78 is 82.5. The van der Waals surface area contributed by atoms with Gasteiger partial charge in [0.2, 0.25) is 11.7 Å². The molecule has 7 nitrogen and oxygen atoms in total. The van der Waals surface area contributed by atoms with E-state index in [0.29, 0.717) is 17.0 Å². The second kappa shape index (κ2) is 16.9. The standard InChI is InChI=1S/C41H35F5N2O5S/c1-22-32(21-54-31-15-13-30(14-16-31)48-23(2)50)52-41(53-39(22)26-11-9-24(20-49)10-12-26)29-8-4-7-28(18-29)27-6-3-5-25(17-27)19-47-40(51)33-34(42)36(44)38(46)37(45)35(33)43/h3-18,22,32,39,41,49H,19-21H2,1-2H3,(H,47,51)(H,48,50)/t22-,32+,39+,41+/m0/s1. The Bertz CT molecular complexity index is 2120. The molecule has 1 fully saturated rings. The van der Waals surface area contributed by atoms with Crippen LogP contribution < -0.4 is 10.6 Å². The molecule has 0 unspecified atom stereocenters. The molecule has 0 aromatic heterocycles. The number of aliphatic hydroxyl groups is 1. The molecule has 1 heterocycles. The van der Waals surface area contributed by atoms with Crippen molar-refractivity contribution in [3.05, 3.63) is 154 Å². The molecule has 5 aromatic carbocycles. The molecule has 13 heteroatoms. The molecule has 1 aliphatic rings. The van der Waals surface area contributed by atoms with E-state index in [0.717, 1.165) is 32.7 Å². The third-order valence-corrected chi connectivity index (χ3v) is 10.1. The van der Waals surface area contributed by atoms with Gasteiger partial charge < -0.3 is 25.2 Å². The van der Waals surface area contributed by atoms with Crippen LogP contribution in [0.1, 0.15) is 58.9 Å². The molecule has 1 aliphatic heterocycles. The number of carbonyl (C=O) groups excluding carboxylic acids is 2. The smallest absolute Gasteiger partial charge is 0.257 e. The fourth-order valence-electron chi connectivity index (χ4n) is 6.13. The van der Waals surface area contributed by atoms with Gasteiger partial charge in [-0.25, -0.2) is 22.0 Å². The van der Waals surface area contributed by atoms with Gasteiger partial charge in [0.25, 0.3) is 5.91 Å². The first-order valence-corrected chi connectivity index (χ1v) is 17.9. The van der Waals surface area contributed by atoms with E-state index in [4.69, 9.17) is 9.47 Å². The van der Waals surface area contributed by atoms with E-state index >= 15 is 0 Å². The van der Waals surface area contributed by atoms with Crippen LogP contribution >= 0.6 is 11.8 Å². The average Bonchev–Trinajstić information content (AvgIpc) is 3.18. The fourth-order valence-corrected chi connectivity index (χ4v) is 7.19. The van der Waals surface area contributed by atoms with Crippen molar-refractivity contribution in [2.45, 2.75) is 50.4 Å². The highest BCUT2D eigenvalue weighted by Crippen LogP contribution is 2.43. The zero-order valence-electron chi connectivity index (χ0n) is 29.0. The molecule has 0 bridgehead atoms. The van der Waals surface area contributed by atoms with Crippen molar-refractivity contribution < 1.29 is 46.1 Å². The Kier molecular flexibility index (Phi) is 12.1. The van der Waals surface area contributed by atoms with E-state index in [9.17, 15) is 36.6 Å².